The first-order chi connectivity index (χ1) is 11.5. The van der Waals surface area contributed by atoms with Gasteiger partial charge in [0.2, 0.25) is 5.91 Å². The minimum absolute atomic E-state index is 0.0265. The zero-order chi connectivity index (χ0) is 17.5. The molecule has 0 radical (unpaired) electrons. The van der Waals surface area contributed by atoms with Gasteiger partial charge in [0.25, 0.3) is 0 Å². The van der Waals surface area contributed by atoms with Crippen molar-refractivity contribution in [2.24, 2.45) is 0 Å². The van der Waals surface area contributed by atoms with Gasteiger partial charge in [-0.1, -0.05) is 42.8 Å². The Bertz CT molecular complexity index is 717. The van der Waals surface area contributed by atoms with Gasteiger partial charge in [-0.3, -0.25) is 4.79 Å². The van der Waals surface area contributed by atoms with Gasteiger partial charge in [0, 0.05) is 6.08 Å². The molecule has 0 saturated heterocycles. The third-order valence-electron chi connectivity index (χ3n) is 4.07. The standard InChI is InChI=1S/C21H25NO2/c1-5-20(19-12-6-15(2)14-16(19)3)22-21(23)13-9-17-7-10-18(24-4)11-8-17/h6-14,20H,5H2,1-4H3,(H,22,23)/b13-9+/t20-/m0/s1. The third-order valence-corrected chi connectivity index (χ3v) is 4.07. The molecule has 1 N–H and O–H groups in total. The summed E-state index contributed by atoms with van der Waals surface area (Å²) in [6, 6.07) is 14.0. The van der Waals surface area contributed by atoms with Gasteiger partial charge in [-0.2, -0.15) is 0 Å². The van der Waals surface area contributed by atoms with Crippen molar-refractivity contribution in [3.63, 3.8) is 0 Å². The monoisotopic (exact) mass is 323 g/mol. The predicted molar refractivity (Wildman–Crippen MR) is 99.1 cm³/mol. The molecular formula is C21H25NO2. The summed E-state index contributed by atoms with van der Waals surface area (Å²) in [5.41, 5.74) is 4.58. The lowest BCUT2D eigenvalue weighted by Crippen LogP contribution is -2.26. The highest BCUT2D eigenvalue weighted by Crippen LogP contribution is 2.21. The van der Waals surface area contributed by atoms with Gasteiger partial charge >= 0.3 is 0 Å². The van der Waals surface area contributed by atoms with Crippen LogP contribution in [0.5, 0.6) is 5.75 Å². The Labute approximate surface area is 144 Å². The summed E-state index contributed by atoms with van der Waals surface area (Å²) in [7, 11) is 1.64. The summed E-state index contributed by atoms with van der Waals surface area (Å²) >= 11 is 0. The van der Waals surface area contributed by atoms with E-state index in [4.69, 9.17) is 4.74 Å². The van der Waals surface area contributed by atoms with Crippen LogP contribution in [-0.4, -0.2) is 13.0 Å². The molecule has 1 amide bonds. The second-order valence-corrected chi connectivity index (χ2v) is 5.94. The number of methoxy groups -OCH3 is 1. The summed E-state index contributed by atoms with van der Waals surface area (Å²) in [6.45, 7) is 6.25. The van der Waals surface area contributed by atoms with Gasteiger partial charge in [-0.15, -0.1) is 0 Å². The molecular weight excluding hydrogens is 298 g/mol. The van der Waals surface area contributed by atoms with E-state index in [9.17, 15) is 4.79 Å². The van der Waals surface area contributed by atoms with Crippen molar-refractivity contribution in [1.82, 2.24) is 5.32 Å². The number of aryl methyl sites for hydroxylation is 2. The molecule has 126 valence electrons. The Balaban J connectivity index is 2.04. The molecule has 0 heterocycles. The maximum absolute atomic E-state index is 12.2. The van der Waals surface area contributed by atoms with E-state index in [0.717, 1.165) is 17.7 Å². The van der Waals surface area contributed by atoms with E-state index in [-0.39, 0.29) is 11.9 Å². The van der Waals surface area contributed by atoms with Crippen LogP contribution in [0.3, 0.4) is 0 Å². The summed E-state index contributed by atoms with van der Waals surface area (Å²) in [5.74, 6) is 0.718. The summed E-state index contributed by atoms with van der Waals surface area (Å²) < 4.78 is 5.13. The molecule has 0 bridgehead atoms. The zero-order valence-electron chi connectivity index (χ0n) is 14.8. The van der Waals surface area contributed by atoms with Crippen molar-refractivity contribution >= 4 is 12.0 Å². The molecule has 0 aliphatic heterocycles. The highest BCUT2D eigenvalue weighted by molar-refractivity contribution is 5.92. The molecule has 3 nitrogen and oxygen atoms in total. The number of hydrogen-bond acceptors (Lipinski definition) is 2. The van der Waals surface area contributed by atoms with Crippen LogP contribution in [0.25, 0.3) is 6.08 Å². The number of benzene rings is 2. The summed E-state index contributed by atoms with van der Waals surface area (Å²) in [4.78, 5) is 12.2. The van der Waals surface area contributed by atoms with Crippen molar-refractivity contribution in [2.75, 3.05) is 7.11 Å². The Morgan fingerprint density at radius 3 is 2.46 bits per heavy atom. The average Bonchev–Trinajstić information content (AvgIpc) is 2.59. The van der Waals surface area contributed by atoms with Crippen molar-refractivity contribution in [1.29, 1.82) is 0 Å². The van der Waals surface area contributed by atoms with Crippen molar-refractivity contribution in [2.45, 2.75) is 33.2 Å². The molecule has 0 unspecified atom stereocenters. The molecule has 0 aliphatic carbocycles. The highest BCUT2D eigenvalue weighted by Gasteiger charge is 2.13. The molecule has 0 saturated carbocycles. The first-order valence-electron chi connectivity index (χ1n) is 8.23. The van der Waals surface area contributed by atoms with Crippen LogP contribution in [-0.2, 0) is 4.79 Å². The highest BCUT2D eigenvalue weighted by atomic mass is 16.5. The average molecular weight is 323 g/mol. The van der Waals surface area contributed by atoms with E-state index in [0.29, 0.717) is 0 Å². The Morgan fingerprint density at radius 2 is 1.88 bits per heavy atom. The topological polar surface area (TPSA) is 38.3 Å². The van der Waals surface area contributed by atoms with Crippen molar-refractivity contribution in [3.05, 3.63) is 70.8 Å². The lowest BCUT2D eigenvalue weighted by molar-refractivity contribution is -0.117. The van der Waals surface area contributed by atoms with E-state index in [1.165, 1.54) is 16.7 Å². The Kier molecular flexibility index (Phi) is 6.19. The largest absolute Gasteiger partial charge is 0.497 e. The third kappa shape index (κ3) is 4.72. The Hall–Kier alpha value is -2.55. The summed E-state index contributed by atoms with van der Waals surface area (Å²) in [5, 5.41) is 3.09. The molecule has 1 atom stereocenters. The summed E-state index contributed by atoms with van der Waals surface area (Å²) in [6.07, 6.45) is 4.24. The van der Waals surface area contributed by atoms with E-state index in [1.807, 2.05) is 30.3 Å². The lowest BCUT2D eigenvalue weighted by atomic mass is 9.97. The minimum atomic E-state index is -0.0855. The second-order valence-electron chi connectivity index (χ2n) is 5.94. The van der Waals surface area contributed by atoms with E-state index in [2.05, 4.69) is 44.3 Å². The van der Waals surface area contributed by atoms with Gasteiger partial charge in [-0.25, -0.2) is 0 Å². The lowest BCUT2D eigenvalue weighted by Gasteiger charge is -2.19. The first-order valence-corrected chi connectivity index (χ1v) is 8.23. The zero-order valence-corrected chi connectivity index (χ0v) is 14.8. The van der Waals surface area contributed by atoms with Crippen LogP contribution < -0.4 is 10.1 Å². The van der Waals surface area contributed by atoms with Crippen LogP contribution in [0, 0.1) is 13.8 Å². The van der Waals surface area contributed by atoms with E-state index < -0.39 is 0 Å². The number of carbonyl (C=O) groups excluding carboxylic acids is 1. The van der Waals surface area contributed by atoms with Gasteiger partial charge in [0.1, 0.15) is 5.75 Å². The van der Waals surface area contributed by atoms with Gasteiger partial charge < -0.3 is 10.1 Å². The molecule has 24 heavy (non-hydrogen) atoms. The van der Waals surface area contributed by atoms with Crippen molar-refractivity contribution in [3.8, 4) is 5.75 Å². The minimum Gasteiger partial charge on any atom is -0.497 e. The van der Waals surface area contributed by atoms with Crippen LogP contribution in [0.4, 0.5) is 0 Å². The maximum Gasteiger partial charge on any atom is 0.244 e. The molecule has 2 rings (SSSR count). The Morgan fingerprint density at radius 1 is 1.17 bits per heavy atom. The first kappa shape index (κ1) is 17.8. The number of ether oxygens (including phenoxy) is 1. The fourth-order valence-corrected chi connectivity index (χ4v) is 2.72. The van der Waals surface area contributed by atoms with Gasteiger partial charge in [0.15, 0.2) is 0 Å². The van der Waals surface area contributed by atoms with Gasteiger partial charge in [0.05, 0.1) is 13.2 Å². The number of hydrogen-bond donors (Lipinski definition) is 1. The van der Waals surface area contributed by atoms with E-state index in [1.54, 1.807) is 13.2 Å². The molecule has 0 spiro atoms. The van der Waals surface area contributed by atoms with Crippen LogP contribution >= 0.6 is 0 Å². The van der Waals surface area contributed by atoms with Crippen LogP contribution in [0.2, 0.25) is 0 Å². The fourth-order valence-electron chi connectivity index (χ4n) is 2.72. The number of nitrogens with one attached hydrogen (secondary N) is 1. The predicted octanol–water partition coefficient (Wildman–Crippen LogP) is 4.59. The SMILES string of the molecule is CC[C@H](NC(=O)/C=C/c1ccc(OC)cc1)c1ccc(C)cc1C. The molecule has 2 aromatic carbocycles. The van der Waals surface area contributed by atoms with Crippen LogP contribution in [0.15, 0.2) is 48.5 Å². The number of amides is 1. The van der Waals surface area contributed by atoms with Gasteiger partial charge in [-0.05, 0) is 55.2 Å². The van der Waals surface area contributed by atoms with E-state index >= 15 is 0 Å². The molecule has 0 fully saturated rings. The quantitative estimate of drug-likeness (QED) is 0.789. The molecule has 0 aliphatic rings. The fraction of sp³-hybridized carbons (Fsp3) is 0.286. The smallest absolute Gasteiger partial charge is 0.244 e. The van der Waals surface area contributed by atoms with Crippen molar-refractivity contribution < 1.29 is 9.53 Å². The maximum atomic E-state index is 12.2. The number of carbonyl (C=O) groups is 1. The molecule has 0 aromatic heterocycles. The number of rotatable bonds is 6. The molecule has 2 aromatic rings. The second kappa shape index (κ2) is 8.34. The van der Waals surface area contributed by atoms with Crippen LogP contribution in [0.1, 0.15) is 41.6 Å². The normalized spacial score (nSPS) is 12.2. The molecule has 3 heteroatoms.